The summed E-state index contributed by atoms with van der Waals surface area (Å²) in [5.41, 5.74) is -0.591. The van der Waals surface area contributed by atoms with E-state index in [2.05, 4.69) is 10.6 Å². The SMILES string of the molecule is COc1ccc(OCCNC(=O)CNC(=O)OC(C)(C)C)cc1. The highest BCUT2D eigenvalue weighted by atomic mass is 16.6. The molecule has 0 saturated carbocycles. The van der Waals surface area contributed by atoms with E-state index in [9.17, 15) is 9.59 Å². The fraction of sp³-hybridized carbons (Fsp3) is 0.500. The van der Waals surface area contributed by atoms with Crippen molar-refractivity contribution in [2.24, 2.45) is 0 Å². The lowest BCUT2D eigenvalue weighted by molar-refractivity contribution is -0.120. The molecule has 2 N–H and O–H groups in total. The molecule has 0 fully saturated rings. The van der Waals surface area contributed by atoms with E-state index < -0.39 is 11.7 Å². The summed E-state index contributed by atoms with van der Waals surface area (Å²) in [6.45, 7) is 5.78. The van der Waals surface area contributed by atoms with Crippen LogP contribution in [0.5, 0.6) is 11.5 Å². The largest absolute Gasteiger partial charge is 0.497 e. The summed E-state index contributed by atoms with van der Waals surface area (Å²) in [6, 6.07) is 7.15. The molecule has 0 atom stereocenters. The van der Waals surface area contributed by atoms with Gasteiger partial charge in [-0.15, -0.1) is 0 Å². The zero-order chi connectivity index (χ0) is 17.3. The molecule has 0 aromatic heterocycles. The van der Waals surface area contributed by atoms with Crippen LogP contribution >= 0.6 is 0 Å². The Balaban J connectivity index is 2.15. The minimum atomic E-state index is -0.623. The highest BCUT2D eigenvalue weighted by molar-refractivity contribution is 5.82. The molecule has 23 heavy (non-hydrogen) atoms. The molecule has 7 nitrogen and oxygen atoms in total. The topological polar surface area (TPSA) is 85.9 Å². The van der Waals surface area contributed by atoms with Gasteiger partial charge < -0.3 is 24.8 Å². The third kappa shape index (κ3) is 8.55. The Morgan fingerprint density at radius 1 is 1.04 bits per heavy atom. The second-order valence-corrected chi connectivity index (χ2v) is 5.73. The molecular formula is C16H24N2O5. The van der Waals surface area contributed by atoms with Crippen LogP contribution in [0.2, 0.25) is 0 Å². The summed E-state index contributed by atoms with van der Waals surface area (Å²) in [4.78, 5) is 22.9. The molecule has 0 spiro atoms. The Hall–Kier alpha value is -2.44. The van der Waals surface area contributed by atoms with Gasteiger partial charge in [-0.05, 0) is 45.0 Å². The molecule has 7 heteroatoms. The Morgan fingerprint density at radius 2 is 1.65 bits per heavy atom. The lowest BCUT2D eigenvalue weighted by atomic mass is 10.2. The number of nitrogens with one attached hydrogen (secondary N) is 2. The lowest BCUT2D eigenvalue weighted by Gasteiger charge is -2.19. The van der Waals surface area contributed by atoms with E-state index in [0.717, 1.165) is 5.75 Å². The molecule has 0 aliphatic heterocycles. The fourth-order valence-electron chi connectivity index (χ4n) is 1.56. The second-order valence-electron chi connectivity index (χ2n) is 5.73. The van der Waals surface area contributed by atoms with E-state index in [1.54, 1.807) is 52.1 Å². The first-order chi connectivity index (χ1) is 10.8. The lowest BCUT2D eigenvalue weighted by Crippen LogP contribution is -2.40. The second kappa shape index (κ2) is 8.87. The van der Waals surface area contributed by atoms with Crippen LogP contribution in [-0.4, -0.2) is 44.4 Å². The van der Waals surface area contributed by atoms with Crippen LogP contribution in [0, 0.1) is 0 Å². The first-order valence-corrected chi connectivity index (χ1v) is 7.30. The normalized spacial score (nSPS) is 10.6. The summed E-state index contributed by atoms with van der Waals surface area (Å²) in [5.74, 6) is 1.12. The van der Waals surface area contributed by atoms with Crippen molar-refractivity contribution in [3.8, 4) is 11.5 Å². The number of methoxy groups -OCH3 is 1. The average Bonchev–Trinajstić information content (AvgIpc) is 2.48. The predicted molar refractivity (Wildman–Crippen MR) is 85.7 cm³/mol. The summed E-state index contributed by atoms with van der Waals surface area (Å²) < 4.78 is 15.5. The van der Waals surface area contributed by atoms with Gasteiger partial charge in [-0.25, -0.2) is 4.79 Å². The van der Waals surface area contributed by atoms with Crippen molar-refractivity contribution in [3.63, 3.8) is 0 Å². The molecule has 128 valence electrons. The molecule has 1 aromatic carbocycles. The van der Waals surface area contributed by atoms with E-state index in [4.69, 9.17) is 14.2 Å². The summed E-state index contributed by atoms with van der Waals surface area (Å²) in [5, 5.41) is 5.02. The maximum absolute atomic E-state index is 11.6. The Kier molecular flexibility index (Phi) is 7.18. The van der Waals surface area contributed by atoms with Crippen molar-refractivity contribution in [2.45, 2.75) is 26.4 Å². The van der Waals surface area contributed by atoms with E-state index in [-0.39, 0.29) is 12.5 Å². The van der Waals surface area contributed by atoms with Gasteiger partial charge in [0.25, 0.3) is 0 Å². The number of ether oxygens (including phenoxy) is 3. The molecule has 0 aliphatic rings. The number of hydrogen-bond acceptors (Lipinski definition) is 5. The van der Waals surface area contributed by atoms with Gasteiger partial charge in [-0.3, -0.25) is 4.79 Å². The van der Waals surface area contributed by atoms with Gasteiger partial charge in [-0.2, -0.15) is 0 Å². The van der Waals surface area contributed by atoms with Gasteiger partial charge in [0.05, 0.1) is 20.2 Å². The molecular weight excluding hydrogens is 300 g/mol. The van der Waals surface area contributed by atoms with Crippen LogP contribution in [0.1, 0.15) is 20.8 Å². The number of carbonyl (C=O) groups excluding carboxylic acids is 2. The quantitative estimate of drug-likeness (QED) is 0.746. The number of alkyl carbamates (subject to hydrolysis) is 1. The molecule has 0 aliphatic carbocycles. The van der Waals surface area contributed by atoms with Crippen LogP contribution in [0.4, 0.5) is 4.79 Å². The monoisotopic (exact) mass is 324 g/mol. The minimum Gasteiger partial charge on any atom is -0.497 e. The van der Waals surface area contributed by atoms with Crippen molar-refractivity contribution < 1.29 is 23.8 Å². The number of benzene rings is 1. The van der Waals surface area contributed by atoms with Crippen LogP contribution in [-0.2, 0) is 9.53 Å². The van der Waals surface area contributed by atoms with E-state index >= 15 is 0 Å². The van der Waals surface area contributed by atoms with Crippen molar-refractivity contribution in [3.05, 3.63) is 24.3 Å². The summed E-state index contributed by atoms with van der Waals surface area (Å²) >= 11 is 0. The first-order valence-electron chi connectivity index (χ1n) is 7.30. The van der Waals surface area contributed by atoms with Gasteiger partial charge in [0, 0.05) is 0 Å². The molecule has 2 amide bonds. The standard InChI is InChI=1S/C16H24N2O5/c1-16(2,3)23-15(20)18-11-14(19)17-9-10-22-13-7-5-12(21-4)6-8-13/h5-8H,9-11H2,1-4H3,(H,17,19)(H,18,20). The third-order valence-electron chi connectivity index (χ3n) is 2.54. The number of carbonyl (C=O) groups is 2. The van der Waals surface area contributed by atoms with E-state index in [0.29, 0.717) is 18.9 Å². The van der Waals surface area contributed by atoms with Crippen LogP contribution in [0.15, 0.2) is 24.3 Å². The molecule has 0 radical (unpaired) electrons. The molecule has 1 rings (SSSR count). The molecule has 1 aromatic rings. The van der Waals surface area contributed by atoms with Crippen LogP contribution in [0.25, 0.3) is 0 Å². The van der Waals surface area contributed by atoms with Crippen molar-refractivity contribution in [2.75, 3.05) is 26.8 Å². The van der Waals surface area contributed by atoms with Crippen molar-refractivity contribution in [1.82, 2.24) is 10.6 Å². The fourth-order valence-corrected chi connectivity index (χ4v) is 1.56. The number of rotatable bonds is 7. The predicted octanol–water partition coefficient (Wildman–Crippen LogP) is 1.71. The highest BCUT2D eigenvalue weighted by Crippen LogP contribution is 2.16. The van der Waals surface area contributed by atoms with Gasteiger partial charge in [-0.1, -0.05) is 0 Å². The maximum atomic E-state index is 11.6. The van der Waals surface area contributed by atoms with Crippen molar-refractivity contribution in [1.29, 1.82) is 0 Å². The Labute approximate surface area is 136 Å². The van der Waals surface area contributed by atoms with E-state index in [1.807, 2.05) is 0 Å². The van der Waals surface area contributed by atoms with E-state index in [1.165, 1.54) is 0 Å². The minimum absolute atomic E-state index is 0.141. The first kappa shape index (κ1) is 18.6. The van der Waals surface area contributed by atoms with Gasteiger partial charge in [0.2, 0.25) is 5.91 Å². The van der Waals surface area contributed by atoms with Crippen molar-refractivity contribution >= 4 is 12.0 Å². The van der Waals surface area contributed by atoms with Crippen LogP contribution < -0.4 is 20.1 Å². The molecule has 0 bridgehead atoms. The van der Waals surface area contributed by atoms with Gasteiger partial charge in [0.1, 0.15) is 23.7 Å². The Bertz CT molecular complexity index is 508. The van der Waals surface area contributed by atoms with Gasteiger partial charge >= 0.3 is 6.09 Å². The number of amides is 2. The average molecular weight is 324 g/mol. The molecule has 0 heterocycles. The highest BCUT2D eigenvalue weighted by Gasteiger charge is 2.16. The number of hydrogen-bond donors (Lipinski definition) is 2. The summed E-state index contributed by atoms with van der Waals surface area (Å²) in [6.07, 6.45) is -0.623. The Morgan fingerprint density at radius 3 is 2.22 bits per heavy atom. The van der Waals surface area contributed by atoms with Crippen LogP contribution in [0.3, 0.4) is 0 Å². The zero-order valence-electron chi connectivity index (χ0n) is 14.0. The third-order valence-corrected chi connectivity index (χ3v) is 2.54. The van der Waals surface area contributed by atoms with Gasteiger partial charge in [0.15, 0.2) is 0 Å². The molecule has 0 saturated heterocycles. The maximum Gasteiger partial charge on any atom is 0.408 e. The smallest absolute Gasteiger partial charge is 0.408 e. The zero-order valence-corrected chi connectivity index (χ0v) is 14.0. The molecule has 0 unspecified atom stereocenters. The summed E-state index contributed by atoms with van der Waals surface area (Å²) in [7, 11) is 1.59.